The summed E-state index contributed by atoms with van der Waals surface area (Å²) in [5.41, 5.74) is 3.48. The largest absolute Gasteiger partial charge is 0.462 e. The van der Waals surface area contributed by atoms with Gasteiger partial charge in [-0.3, -0.25) is 4.79 Å². The van der Waals surface area contributed by atoms with Crippen molar-refractivity contribution in [3.8, 4) is 0 Å². The lowest BCUT2D eigenvalue weighted by atomic mass is 10.1. The third-order valence-corrected chi connectivity index (χ3v) is 5.47. The number of aromatic nitrogens is 2. The van der Waals surface area contributed by atoms with Crippen LogP contribution in [0.3, 0.4) is 0 Å². The van der Waals surface area contributed by atoms with Crippen molar-refractivity contribution in [1.82, 2.24) is 14.5 Å². The molecule has 0 spiro atoms. The highest BCUT2D eigenvalue weighted by Crippen LogP contribution is 2.32. The number of hydrogen-bond donors (Lipinski definition) is 1. The number of esters is 1. The number of H-pyrrole nitrogens is 1. The molecule has 2 aromatic rings. The van der Waals surface area contributed by atoms with Gasteiger partial charge in [0.1, 0.15) is 5.69 Å². The van der Waals surface area contributed by atoms with E-state index in [-0.39, 0.29) is 17.9 Å². The maximum atomic E-state index is 13.5. The van der Waals surface area contributed by atoms with E-state index in [2.05, 4.69) is 15.6 Å². The summed E-state index contributed by atoms with van der Waals surface area (Å²) in [6, 6.07) is 4.16. The van der Waals surface area contributed by atoms with Gasteiger partial charge in [0.2, 0.25) is 0 Å². The molecule has 146 valence electrons. The minimum absolute atomic E-state index is 0.0424. The van der Waals surface area contributed by atoms with Gasteiger partial charge in [0.05, 0.1) is 18.2 Å². The molecule has 1 atom stereocenters. The van der Waals surface area contributed by atoms with E-state index in [0.29, 0.717) is 29.1 Å². The predicted molar refractivity (Wildman–Crippen MR) is 104 cm³/mol. The van der Waals surface area contributed by atoms with Crippen LogP contribution in [0.2, 0.25) is 0 Å². The third-order valence-electron chi connectivity index (χ3n) is 5.47. The first-order chi connectivity index (χ1) is 13.0. The molecule has 6 heteroatoms. The molecule has 1 amide bonds. The van der Waals surface area contributed by atoms with Gasteiger partial charge in [-0.1, -0.05) is 12.8 Å². The van der Waals surface area contributed by atoms with Crippen LogP contribution in [0.15, 0.2) is 18.3 Å². The van der Waals surface area contributed by atoms with E-state index in [0.717, 1.165) is 37.9 Å². The number of nitrogens with one attached hydrogen (secondary N) is 1. The maximum Gasteiger partial charge on any atom is 0.340 e. The number of aryl methyl sites for hydroxylation is 2. The highest BCUT2D eigenvalue weighted by Gasteiger charge is 2.32. The third kappa shape index (κ3) is 3.66. The van der Waals surface area contributed by atoms with Crippen LogP contribution in [-0.2, 0) is 11.8 Å². The van der Waals surface area contributed by atoms with Crippen LogP contribution in [-0.4, -0.2) is 39.5 Å². The van der Waals surface area contributed by atoms with Crippen LogP contribution in [0.5, 0.6) is 0 Å². The predicted octanol–water partition coefficient (Wildman–Crippen LogP) is 3.90. The van der Waals surface area contributed by atoms with Crippen LogP contribution in [0, 0.1) is 13.8 Å². The molecule has 6 nitrogen and oxygen atoms in total. The summed E-state index contributed by atoms with van der Waals surface area (Å²) < 4.78 is 7.25. The standard InChI is InChI=1S/C21H29N3O3/c1-5-27-21(26)18-14(2)19(22-15(18)3)20(25)24-13-8-6-7-10-17(24)16-11-9-12-23(16)4/h9,11-12,17,22H,5-8,10,13H2,1-4H3. The second-order valence-electron chi connectivity index (χ2n) is 7.25. The summed E-state index contributed by atoms with van der Waals surface area (Å²) in [6.45, 7) is 6.45. The number of ether oxygens (including phenoxy) is 1. The Morgan fingerprint density at radius 3 is 2.70 bits per heavy atom. The fraction of sp³-hybridized carbons (Fsp3) is 0.524. The Bertz CT molecular complexity index is 834. The Labute approximate surface area is 160 Å². The van der Waals surface area contributed by atoms with Gasteiger partial charge in [-0.25, -0.2) is 4.79 Å². The topological polar surface area (TPSA) is 67.3 Å². The van der Waals surface area contributed by atoms with Gasteiger partial charge >= 0.3 is 5.97 Å². The molecule has 3 heterocycles. The van der Waals surface area contributed by atoms with Crippen LogP contribution in [0.4, 0.5) is 0 Å². The SMILES string of the molecule is CCOC(=O)c1c(C)[nH]c(C(=O)N2CCCCCC2c2cccn2C)c1C. The number of amides is 1. The van der Waals surface area contributed by atoms with Gasteiger partial charge in [-0.05, 0) is 51.3 Å². The van der Waals surface area contributed by atoms with Crippen molar-refractivity contribution in [3.05, 3.63) is 46.5 Å². The van der Waals surface area contributed by atoms with Gasteiger partial charge in [-0.2, -0.15) is 0 Å². The first kappa shape index (κ1) is 19.3. The molecule has 0 bridgehead atoms. The van der Waals surface area contributed by atoms with Crippen molar-refractivity contribution in [3.63, 3.8) is 0 Å². The Morgan fingerprint density at radius 2 is 2.04 bits per heavy atom. The van der Waals surface area contributed by atoms with Crippen LogP contribution < -0.4 is 0 Å². The van der Waals surface area contributed by atoms with E-state index in [1.54, 1.807) is 6.92 Å². The molecule has 27 heavy (non-hydrogen) atoms. The fourth-order valence-corrected chi connectivity index (χ4v) is 4.10. The molecular weight excluding hydrogens is 342 g/mol. The molecule has 0 radical (unpaired) electrons. The van der Waals surface area contributed by atoms with Gasteiger partial charge in [0.15, 0.2) is 0 Å². The lowest BCUT2D eigenvalue weighted by Gasteiger charge is -2.30. The van der Waals surface area contributed by atoms with Gasteiger partial charge < -0.3 is 19.2 Å². The Hall–Kier alpha value is -2.50. The summed E-state index contributed by atoms with van der Waals surface area (Å²) in [5, 5.41) is 0. The summed E-state index contributed by atoms with van der Waals surface area (Å²) in [7, 11) is 2.02. The molecule has 1 aliphatic heterocycles. The highest BCUT2D eigenvalue weighted by atomic mass is 16.5. The molecule has 0 saturated carbocycles. The number of carbonyl (C=O) groups is 2. The van der Waals surface area contributed by atoms with Crippen molar-refractivity contribution in [2.75, 3.05) is 13.2 Å². The molecule has 1 unspecified atom stereocenters. The number of nitrogens with zero attached hydrogens (tertiary/aromatic N) is 2. The summed E-state index contributed by atoms with van der Waals surface area (Å²) in [5.74, 6) is -0.420. The van der Waals surface area contributed by atoms with Crippen LogP contribution in [0.25, 0.3) is 0 Å². The molecule has 1 fully saturated rings. The van der Waals surface area contributed by atoms with Gasteiger partial charge in [0.25, 0.3) is 5.91 Å². The van der Waals surface area contributed by atoms with Gasteiger partial charge in [0, 0.05) is 31.2 Å². The summed E-state index contributed by atoms with van der Waals surface area (Å²) in [6.07, 6.45) is 6.20. The van der Waals surface area contributed by atoms with Gasteiger partial charge in [-0.15, -0.1) is 0 Å². The normalized spacial score (nSPS) is 17.6. The van der Waals surface area contributed by atoms with E-state index in [4.69, 9.17) is 4.74 Å². The molecule has 1 saturated heterocycles. The van der Waals surface area contributed by atoms with Crippen molar-refractivity contribution < 1.29 is 14.3 Å². The molecule has 1 aliphatic rings. The number of carbonyl (C=O) groups excluding carboxylic acids is 2. The smallest absolute Gasteiger partial charge is 0.340 e. The number of aromatic amines is 1. The zero-order valence-electron chi connectivity index (χ0n) is 16.7. The quantitative estimate of drug-likeness (QED) is 0.829. The van der Waals surface area contributed by atoms with E-state index in [1.165, 1.54) is 0 Å². The monoisotopic (exact) mass is 371 g/mol. The highest BCUT2D eigenvalue weighted by molar-refractivity contribution is 6.00. The molecule has 0 aromatic carbocycles. The van der Waals surface area contributed by atoms with Crippen LogP contribution in [0.1, 0.15) is 76.4 Å². The van der Waals surface area contributed by atoms with Crippen molar-refractivity contribution in [2.24, 2.45) is 7.05 Å². The second-order valence-corrected chi connectivity index (χ2v) is 7.25. The van der Waals surface area contributed by atoms with E-state index in [1.807, 2.05) is 38.1 Å². The molecule has 2 aromatic heterocycles. The summed E-state index contributed by atoms with van der Waals surface area (Å²) >= 11 is 0. The number of rotatable bonds is 4. The molecule has 3 rings (SSSR count). The van der Waals surface area contributed by atoms with E-state index < -0.39 is 0 Å². The molecule has 1 N–H and O–H groups in total. The van der Waals surface area contributed by atoms with Crippen molar-refractivity contribution in [2.45, 2.75) is 52.5 Å². The Kier molecular flexibility index (Phi) is 5.73. The lowest BCUT2D eigenvalue weighted by molar-refractivity contribution is 0.0525. The Morgan fingerprint density at radius 1 is 1.26 bits per heavy atom. The minimum Gasteiger partial charge on any atom is -0.462 e. The minimum atomic E-state index is -0.377. The zero-order valence-corrected chi connectivity index (χ0v) is 16.7. The number of hydrogen-bond acceptors (Lipinski definition) is 3. The van der Waals surface area contributed by atoms with Crippen LogP contribution >= 0.6 is 0 Å². The first-order valence-corrected chi connectivity index (χ1v) is 9.74. The molecule has 0 aliphatic carbocycles. The first-order valence-electron chi connectivity index (χ1n) is 9.74. The maximum absolute atomic E-state index is 13.5. The average molecular weight is 371 g/mol. The zero-order chi connectivity index (χ0) is 19.6. The molecular formula is C21H29N3O3. The van der Waals surface area contributed by atoms with Crippen molar-refractivity contribution in [1.29, 1.82) is 0 Å². The fourth-order valence-electron chi connectivity index (χ4n) is 4.10. The summed E-state index contributed by atoms with van der Waals surface area (Å²) in [4.78, 5) is 30.9. The number of likely N-dealkylation sites (tertiary alicyclic amines) is 1. The van der Waals surface area contributed by atoms with E-state index in [9.17, 15) is 9.59 Å². The van der Waals surface area contributed by atoms with Crippen molar-refractivity contribution >= 4 is 11.9 Å². The lowest BCUT2D eigenvalue weighted by Crippen LogP contribution is -2.36. The second kappa shape index (κ2) is 8.03. The Balaban J connectivity index is 1.96. The average Bonchev–Trinajstić information content (AvgIpc) is 3.08. The van der Waals surface area contributed by atoms with E-state index >= 15 is 0 Å².